The highest BCUT2D eigenvalue weighted by Crippen LogP contribution is 2.25. The van der Waals surface area contributed by atoms with Gasteiger partial charge in [-0.15, -0.1) is 0 Å². The normalized spacial score (nSPS) is 24.3. The molecule has 1 saturated heterocycles. The minimum atomic E-state index is -0.956. The molecule has 0 aromatic rings. The zero-order chi connectivity index (χ0) is 14.4. The SMILES string of the molecule is CCC1CCC(C)N1C(=O)N[C@@H](CCSC)C(=O)O. The summed E-state index contributed by atoms with van der Waals surface area (Å²) in [6.07, 6.45) is 5.31. The van der Waals surface area contributed by atoms with Gasteiger partial charge in [0.05, 0.1) is 0 Å². The van der Waals surface area contributed by atoms with E-state index in [-0.39, 0.29) is 18.1 Å². The second-order valence-corrected chi connectivity index (χ2v) is 6.00. The predicted octanol–water partition coefficient (Wildman–Crippen LogP) is 2.17. The molecule has 1 heterocycles. The zero-order valence-electron chi connectivity index (χ0n) is 11.9. The summed E-state index contributed by atoms with van der Waals surface area (Å²) in [5.41, 5.74) is 0. The van der Waals surface area contributed by atoms with Gasteiger partial charge in [-0.25, -0.2) is 9.59 Å². The van der Waals surface area contributed by atoms with Crippen molar-refractivity contribution >= 4 is 23.8 Å². The fourth-order valence-electron chi connectivity index (χ4n) is 2.56. The number of nitrogens with zero attached hydrogens (tertiary/aromatic N) is 1. The van der Waals surface area contributed by atoms with Crippen molar-refractivity contribution in [1.29, 1.82) is 0 Å². The third-order valence-corrected chi connectivity index (χ3v) is 4.34. The molecule has 0 radical (unpaired) electrons. The van der Waals surface area contributed by atoms with E-state index in [4.69, 9.17) is 5.11 Å². The third kappa shape index (κ3) is 4.30. The highest BCUT2D eigenvalue weighted by molar-refractivity contribution is 7.98. The number of rotatable bonds is 6. The minimum Gasteiger partial charge on any atom is -0.480 e. The first kappa shape index (κ1) is 16.1. The summed E-state index contributed by atoms with van der Waals surface area (Å²) in [6, 6.07) is -0.583. The van der Waals surface area contributed by atoms with Crippen molar-refractivity contribution in [2.75, 3.05) is 12.0 Å². The number of nitrogens with one attached hydrogen (secondary N) is 1. The first-order valence-corrected chi connectivity index (χ1v) is 8.21. The van der Waals surface area contributed by atoms with Crippen LogP contribution in [0.15, 0.2) is 0 Å². The van der Waals surface area contributed by atoms with Crippen LogP contribution in [0.3, 0.4) is 0 Å². The van der Waals surface area contributed by atoms with E-state index < -0.39 is 12.0 Å². The molecule has 1 fully saturated rings. The summed E-state index contributed by atoms with van der Waals surface area (Å²) in [5, 5.41) is 11.8. The molecule has 1 aliphatic rings. The van der Waals surface area contributed by atoms with Crippen molar-refractivity contribution in [2.45, 2.75) is 57.7 Å². The van der Waals surface area contributed by atoms with E-state index in [0.29, 0.717) is 6.42 Å². The maximum Gasteiger partial charge on any atom is 0.326 e. The number of aliphatic carboxylic acids is 1. The zero-order valence-corrected chi connectivity index (χ0v) is 12.7. The molecule has 0 spiro atoms. The highest BCUT2D eigenvalue weighted by Gasteiger charge is 2.34. The van der Waals surface area contributed by atoms with E-state index >= 15 is 0 Å². The lowest BCUT2D eigenvalue weighted by Gasteiger charge is -2.29. The minimum absolute atomic E-state index is 0.194. The number of hydrogen-bond donors (Lipinski definition) is 2. The van der Waals surface area contributed by atoms with E-state index in [1.54, 1.807) is 11.8 Å². The largest absolute Gasteiger partial charge is 0.480 e. The lowest BCUT2D eigenvalue weighted by atomic mass is 10.1. The molecule has 0 bridgehead atoms. The van der Waals surface area contributed by atoms with Crippen LogP contribution in [-0.2, 0) is 4.79 Å². The van der Waals surface area contributed by atoms with Crippen LogP contribution in [0.5, 0.6) is 0 Å². The van der Waals surface area contributed by atoms with E-state index in [2.05, 4.69) is 12.2 Å². The summed E-state index contributed by atoms with van der Waals surface area (Å²) < 4.78 is 0. The molecule has 2 N–H and O–H groups in total. The van der Waals surface area contributed by atoms with Crippen LogP contribution in [0.4, 0.5) is 4.79 Å². The van der Waals surface area contributed by atoms with Crippen LogP contribution < -0.4 is 5.32 Å². The molecule has 0 aromatic heterocycles. The highest BCUT2D eigenvalue weighted by atomic mass is 32.2. The summed E-state index contributed by atoms with van der Waals surface area (Å²) in [7, 11) is 0. The van der Waals surface area contributed by atoms with E-state index in [1.165, 1.54) is 0 Å². The first-order chi connectivity index (χ1) is 9.01. The maximum atomic E-state index is 12.2. The van der Waals surface area contributed by atoms with Gasteiger partial charge in [-0.1, -0.05) is 6.92 Å². The lowest BCUT2D eigenvalue weighted by Crippen LogP contribution is -2.51. The van der Waals surface area contributed by atoms with E-state index in [9.17, 15) is 9.59 Å². The number of carbonyl (C=O) groups is 2. The predicted molar refractivity (Wildman–Crippen MR) is 77.6 cm³/mol. The number of carbonyl (C=O) groups excluding carboxylic acids is 1. The van der Waals surface area contributed by atoms with Gasteiger partial charge in [-0.2, -0.15) is 11.8 Å². The molecular weight excluding hydrogens is 264 g/mol. The Labute approximate surface area is 119 Å². The quantitative estimate of drug-likeness (QED) is 0.786. The van der Waals surface area contributed by atoms with E-state index in [0.717, 1.165) is 25.0 Å². The van der Waals surface area contributed by atoms with Crippen LogP contribution in [0, 0.1) is 0 Å². The number of thioether (sulfide) groups is 1. The molecule has 3 atom stereocenters. The number of hydrogen-bond acceptors (Lipinski definition) is 3. The first-order valence-electron chi connectivity index (χ1n) is 6.81. The summed E-state index contributed by atoms with van der Waals surface area (Å²) in [6.45, 7) is 4.08. The lowest BCUT2D eigenvalue weighted by molar-refractivity contribution is -0.139. The summed E-state index contributed by atoms with van der Waals surface area (Å²) in [5.74, 6) is -0.230. The van der Waals surface area contributed by atoms with Crippen LogP contribution in [0.25, 0.3) is 0 Å². The molecule has 6 heteroatoms. The Kier molecular flexibility index (Phi) is 6.48. The Morgan fingerprint density at radius 2 is 2.16 bits per heavy atom. The number of carboxylic acids is 1. The van der Waals surface area contributed by atoms with Crippen molar-refractivity contribution in [2.24, 2.45) is 0 Å². The second-order valence-electron chi connectivity index (χ2n) is 5.02. The molecule has 110 valence electrons. The Hall–Kier alpha value is -0.910. The molecule has 0 aliphatic carbocycles. The van der Waals surface area contributed by atoms with Crippen LogP contribution in [-0.4, -0.2) is 52.1 Å². The molecule has 2 unspecified atom stereocenters. The van der Waals surface area contributed by atoms with Gasteiger partial charge in [-0.05, 0) is 44.6 Å². The molecular formula is C13H24N2O3S. The van der Waals surface area contributed by atoms with Gasteiger partial charge in [-0.3, -0.25) is 0 Å². The Balaban J connectivity index is 2.62. The molecule has 5 nitrogen and oxygen atoms in total. The standard InChI is InChI=1S/C13H24N2O3S/c1-4-10-6-5-9(2)15(10)13(18)14-11(12(16)17)7-8-19-3/h9-11H,4-8H2,1-3H3,(H,14,18)(H,16,17)/t9?,10?,11-/m0/s1. The number of likely N-dealkylation sites (tertiary alicyclic amines) is 1. The molecule has 2 amide bonds. The Morgan fingerprint density at radius 1 is 1.47 bits per heavy atom. The average molecular weight is 288 g/mol. The number of carboxylic acid groups (broad SMARTS) is 1. The van der Waals surface area contributed by atoms with Gasteiger partial charge in [0.1, 0.15) is 6.04 Å². The molecule has 19 heavy (non-hydrogen) atoms. The van der Waals surface area contributed by atoms with Gasteiger partial charge < -0.3 is 15.3 Å². The Morgan fingerprint density at radius 3 is 2.68 bits per heavy atom. The van der Waals surface area contributed by atoms with Crippen molar-refractivity contribution in [1.82, 2.24) is 10.2 Å². The molecule has 1 rings (SSSR count). The fourth-order valence-corrected chi connectivity index (χ4v) is 3.03. The topological polar surface area (TPSA) is 69.6 Å². The van der Waals surface area contributed by atoms with Crippen molar-refractivity contribution in [3.8, 4) is 0 Å². The fraction of sp³-hybridized carbons (Fsp3) is 0.846. The van der Waals surface area contributed by atoms with Gasteiger partial charge >= 0.3 is 12.0 Å². The van der Waals surface area contributed by atoms with Crippen LogP contribution >= 0.6 is 11.8 Å². The van der Waals surface area contributed by atoms with Crippen molar-refractivity contribution < 1.29 is 14.7 Å². The van der Waals surface area contributed by atoms with Crippen molar-refractivity contribution in [3.05, 3.63) is 0 Å². The maximum absolute atomic E-state index is 12.2. The summed E-state index contributed by atoms with van der Waals surface area (Å²) in [4.78, 5) is 25.2. The second kappa shape index (κ2) is 7.62. The average Bonchev–Trinajstić information content (AvgIpc) is 2.75. The molecule has 0 aromatic carbocycles. The van der Waals surface area contributed by atoms with E-state index in [1.807, 2.05) is 18.1 Å². The van der Waals surface area contributed by atoms with Crippen LogP contribution in [0.2, 0.25) is 0 Å². The molecule has 1 aliphatic heterocycles. The number of amides is 2. The van der Waals surface area contributed by atoms with Gasteiger partial charge in [0.15, 0.2) is 0 Å². The monoisotopic (exact) mass is 288 g/mol. The third-order valence-electron chi connectivity index (χ3n) is 3.70. The number of urea groups is 1. The molecule has 0 saturated carbocycles. The van der Waals surface area contributed by atoms with Crippen molar-refractivity contribution in [3.63, 3.8) is 0 Å². The van der Waals surface area contributed by atoms with Gasteiger partial charge in [0.2, 0.25) is 0 Å². The Bertz CT molecular complexity index is 325. The van der Waals surface area contributed by atoms with Gasteiger partial charge in [0, 0.05) is 12.1 Å². The summed E-state index contributed by atoms with van der Waals surface area (Å²) >= 11 is 1.58. The van der Waals surface area contributed by atoms with Gasteiger partial charge in [0.25, 0.3) is 0 Å². The van der Waals surface area contributed by atoms with Crippen LogP contribution in [0.1, 0.15) is 39.5 Å². The smallest absolute Gasteiger partial charge is 0.326 e.